The lowest BCUT2D eigenvalue weighted by molar-refractivity contribution is -0.141. The Kier molecular flexibility index (Phi) is 2.87. The summed E-state index contributed by atoms with van der Waals surface area (Å²) in [5.41, 5.74) is 1.03. The highest BCUT2D eigenvalue weighted by Gasteiger charge is 2.29. The number of hydrogen-bond donors (Lipinski definition) is 1. The molecule has 0 aliphatic carbocycles. The Morgan fingerprint density at radius 2 is 2.42 bits per heavy atom. The van der Waals surface area contributed by atoms with Gasteiger partial charge in [0.1, 0.15) is 6.04 Å². The van der Waals surface area contributed by atoms with Gasteiger partial charge in [-0.1, -0.05) is 12.2 Å². The highest BCUT2D eigenvalue weighted by molar-refractivity contribution is 5.73. The van der Waals surface area contributed by atoms with Crippen molar-refractivity contribution in [1.29, 1.82) is 0 Å². The monoisotopic (exact) mass is 169 g/mol. The quantitative estimate of drug-likeness (QED) is 0.643. The molecule has 0 aromatic rings. The van der Waals surface area contributed by atoms with Gasteiger partial charge < -0.3 is 5.11 Å². The van der Waals surface area contributed by atoms with Gasteiger partial charge in [-0.25, -0.2) is 0 Å². The molecule has 1 heterocycles. The van der Waals surface area contributed by atoms with Crippen molar-refractivity contribution in [1.82, 2.24) is 4.90 Å². The first-order valence-corrected chi connectivity index (χ1v) is 4.22. The molecule has 1 atom stereocenters. The van der Waals surface area contributed by atoms with E-state index in [0.717, 1.165) is 31.5 Å². The molecule has 1 fully saturated rings. The molecule has 1 aliphatic rings. The molecule has 12 heavy (non-hydrogen) atoms. The first-order chi connectivity index (χ1) is 5.61. The van der Waals surface area contributed by atoms with E-state index in [1.165, 1.54) is 0 Å². The van der Waals surface area contributed by atoms with Gasteiger partial charge in [-0.3, -0.25) is 9.69 Å². The standard InChI is InChI=1S/C9H15NO2/c1-7(2)6-10-5-3-4-8(10)9(11)12/h8H,1,3-6H2,2H3,(H,11,12)/t8-/m1/s1. The third kappa shape index (κ3) is 2.08. The maximum absolute atomic E-state index is 10.7. The summed E-state index contributed by atoms with van der Waals surface area (Å²) in [5, 5.41) is 8.83. The number of carboxylic acid groups (broad SMARTS) is 1. The smallest absolute Gasteiger partial charge is 0.320 e. The maximum Gasteiger partial charge on any atom is 0.320 e. The minimum absolute atomic E-state index is 0.276. The number of carbonyl (C=O) groups is 1. The lowest BCUT2D eigenvalue weighted by atomic mass is 10.2. The van der Waals surface area contributed by atoms with Gasteiger partial charge >= 0.3 is 5.97 Å². The van der Waals surface area contributed by atoms with Crippen LogP contribution in [0.2, 0.25) is 0 Å². The van der Waals surface area contributed by atoms with Crippen LogP contribution in [0.15, 0.2) is 12.2 Å². The van der Waals surface area contributed by atoms with Crippen molar-refractivity contribution in [3.8, 4) is 0 Å². The van der Waals surface area contributed by atoms with Crippen LogP contribution in [0.5, 0.6) is 0 Å². The fourth-order valence-corrected chi connectivity index (χ4v) is 1.64. The lowest BCUT2D eigenvalue weighted by Crippen LogP contribution is -2.36. The Morgan fingerprint density at radius 1 is 1.75 bits per heavy atom. The third-order valence-electron chi connectivity index (χ3n) is 2.12. The van der Waals surface area contributed by atoms with Gasteiger partial charge in [0.15, 0.2) is 0 Å². The molecule has 1 aliphatic heterocycles. The molecule has 0 amide bonds. The fraction of sp³-hybridized carbons (Fsp3) is 0.667. The summed E-state index contributed by atoms with van der Waals surface area (Å²) in [7, 11) is 0. The van der Waals surface area contributed by atoms with E-state index in [-0.39, 0.29) is 6.04 Å². The molecule has 1 saturated heterocycles. The van der Waals surface area contributed by atoms with Crippen molar-refractivity contribution in [3.63, 3.8) is 0 Å². The van der Waals surface area contributed by atoms with Gasteiger partial charge in [0.2, 0.25) is 0 Å². The van der Waals surface area contributed by atoms with Crippen LogP contribution in [-0.4, -0.2) is 35.1 Å². The predicted octanol–water partition coefficient (Wildman–Crippen LogP) is 1.11. The fourth-order valence-electron chi connectivity index (χ4n) is 1.64. The normalized spacial score (nSPS) is 24.2. The van der Waals surface area contributed by atoms with Crippen LogP contribution in [-0.2, 0) is 4.79 Å². The zero-order valence-electron chi connectivity index (χ0n) is 7.42. The van der Waals surface area contributed by atoms with Gasteiger partial charge in [-0.05, 0) is 26.3 Å². The second-order valence-electron chi connectivity index (χ2n) is 3.42. The molecule has 0 spiro atoms. The number of likely N-dealkylation sites (tertiary alicyclic amines) is 1. The van der Waals surface area contributed by atoms with Crippen LogP contribution >= 0.6 is 0 Å². The maximum atomic E-state index is 10.7. The molecule has 68 valence electrons. The highest BCUT2D eigenvalue weighted by atomic mass is 16.4. The van der Waals surface area contributed by atoms with E-state index < -0.39 is 5.97 Å². The van der Waals surface area contributed by atoms with Crippen molar-refractivity contribution < 1.29 is 9.90 Å². The Balaban J connectivity index is 2.52. The van der Waals surface area contributed by atoms with Crippen LogP contribution in [0.4, 0.5) is 0 Å². The van der Waals surface area contributed by atoms with E-state index in [1.54, 1.807) is 0 Å². The summed E-state index contributed by atoms with van der Waals surface area (Å²) in [6, 6.07) is -0.276. The van der Waals surface area contributed by atoms with Gasteiger partial charge in [-0.15, -0.1) is 0 Å². The molecule has 3 nitrogen and oxygen atoms in total. The Bertz CT molecular complexity index is 201. The summed E-state index contributed by atoms with van der Waals surface area (Å²) in [5.74, 6) is -0.700. The number of nitrogens with zero attached hydrogens (tertiary/aromatic N) is 1. The average molecular weight is 169 g/mol. The summed E-state index contributed by atoms with van der Waals surface area (Å²) < 4.78 is 0. The van der Waals surface area contributed by atoms with E-state index in [1.807, 2.05) is 11.8 Å². The predicted molar refractivity (Wildman–Crippen MR) is 47.0 cm³/mol. The molecule has 3 heteroatoms. The summed E-state index contributed by atoms with van der Waals surface area (Å²) in [6.07, 6.45) is 1.77. The minimum Gasteiger partial charge on any atom is -0.480 e. The van der Waals surface area contributed by atoms with Gasteiger partial charge in [0.25, 0.3) is 0 Å². The zero-order chi connectivity index (χ0) is 9.14. The number of hydrogen-bond acceptors (Lipinski definition) is 2. The van der Waals surface area contributed by atoms with Crippen molar-refractivity contribution in [3.05, 3.63) is 12.2 Å². The van der Waals surface area contributed by atoms with Crippen molar-refractivity contribution >= 4 is 5.97 Å². The number of aliphatic carboxylic acids is 1. The molecular formula is C9H15NO2. The highest BCUT2D eigenvalue weighted by Crippen LogP contribution is 2.17. The van der Waals surface area contributed by atoms with E-state index in [2.05, 4.69) is 6.58 Å². The van der Waals surface area contributed by atoms with E-state index in [9.17, 15) is 4.79 Å². The van der Waals surface area contributed by atoms with Gasteiger partial charge in [0, 0.05) is 6.54 Å². The molecule has 0 saturated carbocycles. The van der Waals surface area contributed by atoms with Crippen LogP contribution in [0.25, 0.3) is 0 Å². The Labute approximate surface area is 72.7 Å². The largest absolute Gasteiger partial charge is 0.480 e. The molecule has 0 aromatic carbocycles. The van der Waals surface area contributed by atoms with Crippen molar-refractivity contribution in [2.24, 2.45) is 0 Å². The second kappa shape index (κ2) is 3.72. The van der Waals surface area contributed by atoms with E-state index in [4.69, 9.17) is 5.11 Å². The average Bonchev–Trinajstić information content (AvgIpc) is 2.33. The van der Waals surface area contributed by atoms with Gasteiger partial charge in [-0.2, -0.15) is 0 Å². The topological polar surface area (TPSA) is 40.5 Å². The molecule has 1 rings (SSSR count). The van der Waals surface area contributed by atoms with Gasteiger partial charge in [0.05, 0.1) is 0 Å². The molecule has 0 unspecified atom stereocenters. The van der Waals surface area contributed by atoms with Crippen LogP contribution in [0.3, 0.4) is 0 Å². The van der Waals surface area contributed by atoms with E-state index >= 15 is 0 Å². The molecule has 0 bridgehead atoms. The molecule has 1 N–H and O–H groups in total. The van der Waals surface area contributed by atoms with E-state index in [0.29, 0.717) is 0 Å². The van der Waals surface area contributed by atoms with Crippen molar-refractivity contribution in [2.45, 2.75) is 25.8 Å². The SMILES string of the molecule is C=C(C)CN1CCC[C@@H]1C(=O)O. The van der Waals surface area contributed by atoms with Crippen LogP contribution < -0.4 is 0 Å². The molecular weight excluding hydrogens is 154 g/mol. The van der Waals surface area contributed by atoms with Crippen LogP contribution in [0.1, 0.15) is 19.8 Å². The zero-order valence-corrected chi connectivity index (χ0v) is 7.42. The summed E-state index contributed by atoms with van der Waals surface area (Å²) in [6.45, 7) is 7.32. The Hall–Kier alpha value is -0.830. The van der Waals surface area contributed by atoms with Crippen molar-refractivity contribution in [2.75, 3.05) is 13.1 Å². The minimum atomic E-state index is -0.700. The second-order valence-corrected chi connectivity index (χ2v) is 3.42. The van der Waals surface area contributed by atoms with Crippen LogP contribution in [0, 0.1) is 0 Å². The first kappa shape index (κ1) is 9.26. The third-order valence-corrected chi connectivity index (χ3v) is 2.12. The number of rotatable bonds is 3. The molecule has 0 aromatic heterocycles. The molecule has 0 radical (unpaired) electrons. The number of carboxylic acids is 1. The Morgan fingerprint density at radius 3 is 2.92 bits per heavy atom. The lowest BCUT2D eigenvalue weighted by Gasteiger charge is -2.20. The summed E-state index contributed by atoms with van der Waals surface area (Å²) >= 11 is 0. The summed E-state index contributed by atoms with van der Waals surface area (Å²) in [4.78, 5) is 12.7. The first-order valence-electron chi connectivity index (χ1n) is 4.22.